The first-order chi connectivity index (χ1) is 11.5. The Labute approximate surface area is 150 Å². The fourth-order valence-electron chi connectivity index (χ4n) is 3.27. The highest BCUT2D eigenvalue weighted by atomic mass is 32.2. The van der Waals surface area contributed by atoms with Crippen LogP contribution < -0.4 is 0 Å². The SMILES string of the molecule is CC(C)(C)OC(=O)[C@@H]1N2C(=O)/C(=C\c3ccccc3)[C@H]2S(=O)C1(C)C. The molecule has 2 aliphatic rings. The van der Waals surface area contributed by atoms with Crippen LogP contribution in [0.25, 0.3) is 6.08 Å². The second-order valence-electron chi connectivity index (χ2n) is 7.91. The molecule has 2 heterocycles. The van der Waals surface area contributed by atoms with Crippen molar-refractivity contribution in [2.24, 2.45) is 0 Å². The van der Waals surface area contributed by atoms with Crippen molar-refractivity contribution in [2.45, 2.75) is 56.4 Å². The van der Waals surface area contributed by atoms with E-state index < -0.39 is 38.5 Å². The Kier molecular flexibility index (Phi) is 4.14. The summed E-state index contributed by atoms with van der Waals surface area (Å²) in [6, 6.07) is 8.59. The predicted octanol–water partition coefficient (Wildman–Crippen LogP) is 2.49. The predicted molar refractivity (Wildman–Crippen MR) is 96.9 cm³/mol. The number of carbonyl (C=O) groups is 2. The Morgan fingerprint density at radius 1 is 1.24 bits per heavy atom. The van der Waals surface area contributed by atoms with Crippen LogP contribution in [0.2, 0.25) is 0 Å². The van der Waals surface area contributed by atoms with Gasteiger partial charge in [-0.15, -0.1) is 0 Å². The van der Waals surface area contributed by atoms with Gasteiger partial charge in [0.15, 0.2) is 0 Å². The number of benzene rings is 1. The molecule has 3 atom stereocenters. The first-order valence-corrected chi connectivity index (χ1v) is 9.48. The third-order valence-electron chi connectivity index (χ3n) is 4.41. The molecule has 0 saturated carbocycles. The minimum Gasteiger partial charge on any atom is -0.458 e. The number of carbonyl (C=O) groups excluding carboxylic acids is 2. The number of hydrogen-bond acceptors (Lipinski definition) is 4. The van der Waals surface area contributed by atoms with Gasteiger partial charge in [0.1, 0.15) is 17.0 Å². The van der Waals surface area contributed by atoms with Crippen LogP contribution in [-0.4, -0.2) is 42.7 Å². The molecular weight excluding hydrogens is 338 g/mol. The lowest BCUT2D eigenvalue weighted by atomic mass is 9.94. The molecule has 1 unspecified atom stereocenters. The number of hydrogen-bond donors (Lipinski definition) is 0. The van der Waals surface area contributed by atoms with Crippen molar-refractivity contribution in [3.8, 4) is 0 Å². The molecule has 134 valence electrons. The number of nitrogens with zero attached hydrogens (tertiary/aromatic N) is 1. The van der Waals surface area contributed by atoms with Crippen molar-refractivity contribution in [3.05, 3.63) is 41.5 Å². The van der Waals surface area contributed by atoms with Gasteiger partial charge in [0, 0.05) is 0 Å². The van der Waals surface area contributed by atoms with Gasteiger partial charge in [0.05, 0.1) is 21.1 Å². The van der Waals surface area contributed by atoms with E-state index in [0.717, 1.165) is 5.56 Å². The molecule has 0 bridgehead atoms. The van der Waals surface area contributed by atoms with Gasteiger partial charge in [0.25, 0.3) is 5.91 Å². The molecule has 0 N–H and O–H groups in total. The average molecular weight is 361 g/mol. The number of esters is 1. The minimum atomic E-state index is -1.39. The smallest absolute Gasteiger partial charge is 0.330 e. The monoisotopic (exact) mass is 361 g/mol. The van der Waals surface area contributed by atoms with E-state index in [1.54, 1.807) is 40.7 Å². The summed E-state index contributed by atoms with van der Waals surface area (Å²) >= 11 is 0. The zero-order chi connectivity index (χ0) is 18.6. The molecule has 1 aromatic rings. The lowest BCUT2D eigenvalue weighted by molar-refractivity contribution is -0.166. The van der Waals surface area contributed by atoms with Gasteiger partial charge in [-0.2, -0.15) is 0 Å². The van der Waals surface area contributed by atoms with Crippen LogP contribution in [0.3, 0.4) is 0 Å². The molecule has 25 heavy (non-hydrogen) atoms. The number of rotatable bonds is 2. The van der Waals surface area contributed by atoms with Crippen LogP contribution in [0.5, 0.6) is 0 Å². The highest BCUT2D eigenvalue weighted by molar-refractivity contribution is 7.87. The molecule has 0 spiro atoms. The molecule has 2 fully saturated rings. The first kappa shape index (κ1) is 17.9. The van der Waals surface area contributed by atoms with E-state index in [1.807, 2.05) is 30.3 Å². The van der Waals surface area contributed by atoms with Crippen LogP contribution in [0, 0.1) is 0 Å². The van der Waals surface area contributed by atoms with Crippen molar-refractivity contribution in [1.82, 2.24) is 4.90 Å². The van der Waals surface area contributed by atoms with Gasteiger partial charge in [-0.1, -0.05) is 30.3 Å². The summed E-state index contributed by atoms with van der Waals surface area (Å²) in [6.45, 7) is 8.84. The molecule has 0 aliphatic carbocycles. The van der Waals surface area contributed by atoms with Crippen LogP contribution >= 0.6 is 0 Å². The highest BCUT2D eigenvalue weighted by Gasteiger charge is 2.66. The van der Waals surface area contributed by atoms with Crippen LogP contribution in [0.4, 0.5) is 0 Å². The van der Waals surface area contributed by atoms with Crippen LogP contribution in [0.15, 0.2) is 35.9 Å². The normalized spacial score (nSPS) is 29.3. The average Bonchev–Trinajstić information content (AvgIpc) is 2.69. The standard InChI is InChI=1S/C19H23NO4S/c1-18(2,3)24-17(22)14-19(4,5)25(23)16-13(15(21)20(14)16)11-12-9-7-6-8-10-12/h6-11,14,16H,1-5H3/b13-11+/t14-,16+,25?/m0/s1. The Hall–Kier alpha value is -1.95. The zero-order valence-electron chi connectivity index (χ0n) is 15.1. The van der Waals surface area contributed by atoms with Crippen molar-refractivity contribution in [1.29, 1.82) is 0 Å². The van der Waals surface area contributed by atoms with Gasteiger partial charge in [-0.3, -0.25) is 9.00 Å². The summed E-state index contributed by atoms with van der Waals surface area (Å²) < 4.78 is 17.6. The molecule has 6 heteroatoms. The zero-order valence-corrected chi connectivity index (χ0v) is 15.9. The van der Waals surface area contributed by atoms with Gasteiger partial charge in [-0.25, -0.2) is 4.79 Å². The molecular formula is C19H23NO4S. The molecule has 2 saturated heterocycles. The van der Waals surface area contributed by atoms with E-state index in [0.29, 0.717) is 5.57 Å². The Morgan fingerprint density at radius 3 is 2.40 bits per heavy atom. The fourth-order valence-corrected chi connectivity index (χ4v) is 5.09. The van der Waals surface area contributed by atoms with E-state index in [1.165, 1.54) is 4.90 Å². The van der Waals surface area contributed by atoms with Gasteiger partial charge in [0.2, 0.25) is 0 Å². The van der Waals surface area contributed by atoms with Gasteiger partial charge in [-0.05, 0) is 46.3 Å². The number of β-lactam (4-membered cyclic amide) rings is 1. The second-order valence-corrected chi connectivity index (χ2v) is 10.0. The second kappa shape index (κ2) is 5.80. The summed E-state index contributed by atoms with van der Waals surface area (Å²) in [4.78, 5) is 26.8. The fraction of sp³-hybridized carbons (Fsp3) is 0.474. The van der Waals surface area contributed by atoms with E-state index >= 15 is 0 Å². The van der Waals surface area contributed by atoms with E-state index in [2.05, 4.69) is 0 Å². The molecule has 1 aromatic carbocycles. The number of ether oxygens (including phenoxy) is 1. The maximum atomic E-state index is 13.0. The van der Waals surface area contributed by atoms with Gasteiger partial charge < -0.3 is 9.64 Å². The molecule has 1 amide bonds. The summed E-state index contributed by atoms with van der Waals surface area (Å²) in [5, 5.41) is -0.555. The lowest BCUT2D eigenvalue weighted by Gasteiger charge is -2.39. The summed E-state index contributed by atoms with van der Waals surface area (Å²) in [5.41, 5.74) is 0.702. The summed E-state index contributed by atoms with van der Waals surface area (Å²) in [7, 11) is -1.39. The maximum Gasteiger partial charge on any atom is 0.330 e. The topological polar surface area (TPSA) is 63.7 Å². The van der Waals surface area contributed by atoms with Crippen molar-refractivity contribution >= 4 is 28.8 Å². The quantitative estimate of drug-likeness (QED) is 0.461. The third kappa shape index (κ3) is 2.92. The molecule has 0 radical (unpaired) electrons. The number of fused-ring (bicyclic) bond motifs is 1. The lowest BCUT2D eigenvalue weighted by Crippen LogP contribution is -2.59. The third-order valence-corrected chi connectivity index (χ3v) is 6.56. The van der Waals surface area contributed by atoms with Crippen LogP contribution in [-0.2, 0) is 25.1 Å². The Bertz CT molecular complexity index is 776. The summed E-state index contributed by atoms with van der Waals surface area (Å²) in [6.07, 6.45) is 1.76. The van der Waals surface area contributed by atoms with Crippen molar-refractivity contribution < 1.29 is 18.5 Å². The van der Waals surface area contributed by atoms with E-state index in [4.69, 9.17) is 4.74 Å². The van der Waals surface area contributed by atoms with Crippen LogP contribution in [0.1, 0.15) is 40.2 Å². The maximum absolute atomic E-state index is 13.0. The summed E-state index contributed by atoms with van der Waals surface area (Å²) in [5.74, 6) is -0.746. The Morgan fingerprint density at radius 2 is 1.84 bits per heavy atom. The Balaban J connectivity index is 1.94. The molecule has 5 nitrogen and oxygen atoms in total. The molecule has 0 aromatic heterocycles. The van der Waals surface area contributed by atoms with E-state index in [-0.39, 0.29) is 5.91 Å². The van der Waals surface area contributed by atoms with Crippen molar-refractivity contribution in [2.75, 3.05) is 0 Å². The molecule has 2 aliphatic heterocycles. The highest BCUT2D eigenvalue weighted by Crippen LogP contribution is 2.47. The van der Waals surface area contributed by atoms with Gasteiger partial charge >= 0.3 is 5.97 Å². The minimum absolute atomic E-state index is 0.247. The number of amides is 1. The van der Waals surface area contributed by atoms with Crippen molar-refractivity contribution in [3.63, 3.8) is 0 Å². The largest absolute Gasteiger partial charge is 0.458 e. The van der Waals surface area contributed by atoms with E-state index in [9.17, 15) is 13.8 Å². The first-order valence-electron chi connectivity index (χ1n) is 8.27. The molecule has 3 rings (SSSR count).